The molecule has 1 saturated heterocycles. The van der Waals surface area contributed by atoms with Gasteiger partial charge in [0.15, 0.2) is 5.65 Å². The van der Waals surface area contributed by atoms with E-state index in [1.807, 2.05) is 43.3 Å². The van der Waals surface area contributed by atoms with Crippen molar-refractivity contribution < 1.29 is 9.13 Å². The maximum Gasteiger partial charge on any atom is 0.301 e. The zero-order chi connectivity index (χ0) is 28.1. The average Bonchev–Trinajstić information content (AvgIpc) is 3.41. The van der Waals surface area contributed by atoms with Crippen LogP contribution < -0.4 is 20.5 Å². The molecule has 1 aliphatic heterocycles. The molecule has 1 atom stereocenters. The zero-order valence-corrected chi connectivity index (χ0v) is 23.4. The molecular formula is C31H33FN6O2. The molecule has 1 fully saturated rings. The third kappa shape index (κ3) is 4.12. The SMILES string of the molecule is COc1c(N2CCNC(C)C2)c2cc(F)c(-c3c(C)ccc4[nH]cnc34)nc2n(-c2ccccc2C(C)C)c1=O. The average molecular weight is 541 g/mol. The number of nitrogens with one attached hydrogen (secondary N) is 2. The molecule has 3 aromatic heterocycles. The van der Waals surface area contributed by atoms with Crippen molar-refractivity contribution in [2.24, 2.45) is 0 Å². The van der Waals surface area contributed by atoms with Crippen molar-refractivity contribution >= 4 is 27.8 Å². The van der Waals surface area contributed by atoms with Crippen molar-refractivity contribution in [1.29, 1.82) is 0 Å². The van der Waals surface area contributed by atoms with E-state index in [0.717, 1.165) is 23.2 Å². The second kappa shape index (κ2) is 10.1. The topological polar surface area (TPSA) is 88.1 Å². The van der Waals surface area contributed by atoms with Crippen LogP contribution >= 0.6 is 0 Å². The highest BCUT2D eigenvalue weighted by atomic mass is 19.1. The number of fused-ring (bicyclic) bond motifs is 2. The summed E-state index contributed by atoms with van der Waals surface area (Å²) in [6.07, 6.45) is 1.59. The summed E-state index contributed by atoms with van der Waals surface area (Å²) in [4.78, 5) is 29.0. The number of H-pyrrole nitrogens is 1. The molecule has 0 radical (unpaired) electrons. The van der Waals surface area contributed by atoms with E-state index in [1.165, 1.54) is 13.2 Å². The first kappa shape index (κ1) is 26.0. The number of aryl methyl sites for hydroxylation is 1. The van der Waals surface area contributed by atoms with E-state index >= 15 is 4.39 Å². The summed E-state index contributed by atoms with van der Waals surface area (Å²) in [6, 6.07) is 13.3. The van der Waals surface area contributed by atoms with Crippen LogP contribution in [0, 0.1) is 12.7 Å². The van der Waals surface area contributed by atoms with Gasteiger partial charge in [0.2, 0.25) is 5.75 Å². The quantitative estimate of drug-likeness (QED) is 0.314. The van der Waals surface area contributed by atoms with Gasteiger partial charge in [-0.1, -0.05) is 38.1 Å². The van der Waals surface area contributed by atoms with Crippen LogP contribution in [0.3, 0.4) is 0 Å². The molecule has 2 N–H and O–H groups in total. The van der Waals surface area contributed by atoms with Crippen molar-refractivity contribution in [3.05, 3.63) is 76.1 Å². The molecule has 5 aromatic rings. The van der Waals surface area contributed by atoms with Crippen molar-refractivity contribution in [1.82, 2.24) is 24.8 Å². The number of methoxy groups -OCH3 is 1. The van der Waals surface area contributed by atoms with Crippen LogP contribution in [-0.4, -0.2) is 52.3 Å². The number of nitrogens with zero attached hydrogens (tertiary/aromatic N) is 4. The molecule has 0 saturated carbocycles. The summed E-state index contributed by atoms with van der Waals surface area (Å²) < 4.78 is 23.6. The predicted octanol–water partition coefficient (Wildman–Crippen LogP) is 5.31. The molecule has 9 heteroatoms. The lowest BCUT2D eigenvalue weighted by Gasteiger charge is -2.35. The maximum atomic E-state index is 16.3. The number of anilines is 1. The van der Waals surface area contributed by atoms with Crippen LogP contribution in [0.25, 0.3) is 39.0 Å². The highest BCUT2D eigenvalue weighted by Crippen LogP contribution is 2.39. The van der Waals surface area contributed by atoms with E-state index in [1.54, 1.807) is 10.9 Å². The number of para-hydroxylation sites is 1. The van der Waals surface area contributed by atoms with E-state index in [4.69, 9.17) is 9.72 Å². The first-order valence-electron chi connectivity index (χ1n) is 13.6. The monoisotopic (exact) mass is 540 g/mol. The van der Waals surface area contributed by atoms with Crippen LogP contribution in [0.5, 0.6) is 5.75 Å². The van der Waals surface area contributed by atoms with Gasteiger partial charge in [0.25, 0.3) is 0 Å². The summed E-state index contributed by atoms with van der Waals surface area (Å²) in [5, 5.41) is 3.96. The highest BCUT2D eigenvalue weighted by molar-refractivity contribution is 5.98. The fourth-order valence-corrected chi connectivity index (χ4v) is 5.86. The largest absolute Gasteiger partial charge is 0.490 e. The maximum absolute atomic E-state index is 16.3. The number of aromatic amines is 1. The molecule has 0 aliphatic carbocycles. The van der Waals surface area contributed by atoms with Crippen molar-refractivity contribution in [2.45, 2.75) is 39.7 Å². The fraction of sp³-hybridized carbons (Fsp3) is 0.323. The normalized spacial score (nSPS) is 15.9. The molecule has 1 unspecified atom stereocenters. The number of aromatic nitrogens is 4. The molecule has 0 amide bonds. The molecule has 2 aromatic carbocycles. The molecule has 1 aliphatic rings. The zero-order valence-electron chi connectivity index (χ0n) is 23.4. The Balaban J connectivity index is 1.76. The van der Waals surface area contributed by atoms with E-state index in [2.05, 4.69) is 41.0 Å². The van der Waals surface area contributed by atoms with Gasteiger partial charge >= 0.3 is 5.56 Å². The Morgan fingerprint density at radius 2 is 1.98 bits per heavy atom. The minimum Gasteiger partial charge on any atom is -0.490 e. The van der Waals surface area contributed by atoms with E-state index in [0.29, 0.717) is 46.6 Å². The molecule has 4 heterocycles. The summed E-state index contributed by atoms with van der Waals surface area (Å²) in [7, 11) is 1.50. The second-order valence-corrected chi connectivity index (χ2v) is 10.8. The Hall–Kier alpha value is -4.24. The number of pyridine rings is 2. The van der Waals surface area contributed by atoms with Crippen LogP contribution in [0.2, 0.25) is 0 Å². The molecular weight excluding hydrogens is 507 g/mol. The fourth-order valence-electron chi connectivity index (χ4n) is 5.86. The van der Waals surface area contributed by atoms with E-state index in [-0.39, 0.29) is 29.0 Å². The minimum atomic E-state index is -0.486. The van der Waals surface area contributed by atoms with Crippen LogP contribution in [0.15, 0.2) is 53.6 Å². The molecule has 0 bridgehead atoms. The third-order valence-corrected chi connectivity index (χ3v) is 7.76. The number of hydrogen-bond donors (Lipinski definition) is 2. The van der Waals surface area contributed by atoms with E-state index < -0.39 is 5.82 Å². The van der Waals surface area contributed by atoms with Gasteiger partial charge in [0, 0.05) is 36.6 Å². The number of hydrogen-bond acceptors (Lipinski definition) is 6. The number of rotatable bonds is 5. The van der Waals surface area contributed by atoms with Gasteiger partial charge in [0.05, 0.1) is 35.8 Å². The van der Waals surface area contributed by atoms with Crippen LogP contribution in [0.4, 0.5) is 10.1 Å². The molecule has 40 heavy (non-hydrogen) atoms. The van der Waals surface area contributed by atoms with Crippen molar-refractivity contribution in [2.75, 3.05) is 31.6 Å². The lowest BCUT2D eigenvalue weighted by molar-refractivity contribution is 0.403. The van der Waals surface area contributed by atoms with Crippen LogP contribution in [0.1, 0.15) is 37.8 Å². The number of ether oxygens (including phenoxy) is 1. The Bertz CT molecular complexity index is 1810. The molecule has 206 valence electrons. The first-order chi connectivity index (χ1) is 19.3. The predicted molar refractivity (Wildman–Crippen MR) is 157 cm³/mol. The number of imidazole rings is 1. The van der Waals surface area contributed by atoms with Crippen molar-refractivity contribution in [3.63, 3.8) is 0 Å². The smallest absolute Gasteiger partial charge is 0.301 e. The Kier molecular flexibility index (Phi) is 6.54. The third-order valence-electron chi connectivity index (χ3n) is 7.76. The summed E-state index contributed by atoms with van der Waals surface area (Å²) in [6.45, 7) is 10.2. The molecule has 8 nitrogen and oxygen atoms in total. The summed E-state index contributed by atoms with van der Waals surface area (Å²) in [5.41, 5.74) is 5.31. The van der Waals surface area contributed by atoms with Gasteiger partial charge in [-0.15, -0.1) is 0 Å². The molecule has 6 rings (SSSR count). The van der Waals surface area contributed by atoms with Crippen LogP contribution in [-0.2, 0) is 0 Å². The van der Waals surface area contributed by atoms with Gasteiger partial charge in [-0.2, -0.15) is 0 Å². The number of benzene rings is 2. The molecule has 0 spiro atoms. The van der Waals surface area contributed by atoms with Gasteiger partial charge in [-0.05, 0) is 49.1 Å². The van der Waals surface area contributed by atoms with Gasteiger partial charge in [0.1, 0.15) is 11.5 Å². The lowest BCUT2D eigenvalue weighted by atomic mass is 10.00. The number of piperazine rings is 1. The highest BCUT2D eigenvalue weighted by Gasteiger charge is 2.29. The number of halogens is 1. The van der Waals surface area contributed by atoms with Gasteiger partial charge in [-0.25, -0.2) is 14.4 Å². The van der Waals surface area contributed by atoms with Gasteiger partial charge in [-0.3, -0.25) is 9.36 Å². The Morgan fingerprint density at radius 3 is 2.73 bits per heavy atom. The summed E-state index contributed by atoms with van der Waals surface area (Å²) in [5.74, 6) is -0.169. The summed E-state index contributed by atoms with van der Waals surface area (Å²) >= 11 is 0. The first-order valence-corrected chi connectivity index (χ1v) is 13.6. The Labute approximate surface area is 231 Å². The van der Waals surface area contributed by atoms with Crippen molar-refractivity contribution in [3.8, 4) is 22.7 Å². The van der Waals surface area contributed by atoms with E-state index in [9.17, 15) is 4.79 Å². The van der Waals surface area contributed by atoms with Gasteiger partial charge < -0.3 is 19.9 Å². The second-order valence-electron chi connectivity index (χ2n) is 10.8. The Morgan fingerprint density at radius 1 is 1.18 bits per heavy atom. The lowest BCUT2D eigenvalue weighted by Crippen LogP contribution is -2.49. The standard InChI is InChI=1S/C31H33FN6O2/c1-17(2)20-8-6-7-9-24(20)38-30-21(28(29(40-5)31(38)39)37-13-12-33-19(4)15-37)14-22(32)26(36-30)25-18(3)10-11-23-27(25)35-16-34-23/h6-11,14,16-17,19,33H,12-13,15H2,1-5H3,(H,34,35). The minimum absolute atomic E-state index is 0.137.